The highest BCUT2D eigenvalue weighted by molar-refractivity contribution is 5.73. The van der Waals surface area contributed by atoms with E-state index < -0.39 is 0 Å². The number of carbonyl (C=O) groups excluding carboxylic acids is 1. The minimum absolute atomic E-state index is 0.0136. The van der Waals surface area contributed by atoms with E-state index in [1.165, 1.54) is 19.3 Å². The minimum atomic E-state index is 0.0136. The molecular weight excluding hydrogens is 214 g/mol. The smallest absolute Gasteiger partial charge is 0.309 e. The largest absolute Gasteiger partial charge is 0.462 e. The van der Waals surface area contributed by atoms with Crippen LogP contribution in [0.4, 0.5) is 0 Å². The van der Waals surface area contributed by atoms with Gasteiger partial charge in [0.25, 0.3) is 0 Å². The molecule has 0 aromatic rings. The Bertz CT molecular complexity index is 267. The van der Waals surface area contributed by atoms with Crippen molar-refractivity contribution in [3.63, 3.8) is 0 Å². The molecule has 4 atom stereocenters. The highest BCUT2D eigenvalue weighted by Gasteiger charge is 2.31. The molecule has 0 aliphatic heterocycles. The molecule has 2 aliphatic rings. The van der Waals surface area contributed by atoms with Crippen LogP contribution in [0.15, 0.2) is 0 Å². The van der Waals surface area contributed by atoms with Gasteiger partial charge in [-0.15, -0.1) is 0 Å². The van der Waals surface area contributed by atoms with E-state index in [-0.39, 0.29) is 24.0 Å². The van der Waals surface area contributed by atoms with Crippen LogP contribution >= 0.6 is 0 Å². The summed E-state index contributed by atoms with van der Waals surface area (Å²) in [5, 5.41) is 0. The van der Waals surface area contributed by atoms with Crippen LogP contribution in [0.2, 0.25) is 0 Å². The highest BCUT2D eigenvalue weighted by atomic mass is 16.5. The van der Waals surface area contributed by atoms with E-state index in [2.05, 4.69) is 6.92 Å². The number of esters is 1. The van der Waals surface area contributed by atoms with Gasteiger partial charge < -0.3 is 10.5 Å². The van der Waals surface area contributed by atoms with E-state index in [1.807, 2.05) is 0 Å². The van der Waals surface area contributed by atoms with Crippen LogP contribution in [0.3, 0.4) is 0 Å². The molecule has 2 N–H and O–H groups in total. The molecule has 98 valence electrons. The first-order valence-corrected chi connectivity index (χ1v) is 7.15. The number of hydrogen-bond donors (Lipinski definition) is 1. The zero-order valence-electron chi connectivity index (χ0n) is 10.9. The molecule has 0 saturated heterocycles. The maximum absolute atomic E-state index is 12.0. The number of rotatable bonds is 3. The van der Waals surface area contributed by atoms with Crippen molar-refractivity contribution in [2.45, 2.75) is 70.4 Å². The molecule has 0 bridgehead atoms. The van der Waals surface area contributed by atoms with Crippen LogP contribution in [0.5, 0.6) is 0 Å². The number of hydrogen-bond acceptors (Lipinski definition) is 3. The third kappa shape index (κ3) is 3.44. The zero-order chi connectivity index (χ0) is 12.3. The first-order chi connectivity index (χ1) is 8.19. The summed E-state index contributed by atoms with van der Waals surface area (Å²) in [6.45, 7) is 2.23. The van der Waals surface area contributed by atoms with Crippen molar-refractivity contribution < 1.29 is 9.53 Å². The molecular formula is C14H25NO2. The zero-order valence-corrected chi connectivity index (χ0v) is 10.9. The standard InChI is InChI=1S/C14H25NO2/c1-2-10-4-3-5-13(8-10)17-14(16)11-6-7-12(15)9-11/h10-13H,2-9,15H2,1H3/t10?,11-,12+,13?/m1/s1. The third-order valence-electron chi connectivity index (χ3n) is 4.40. The monoisotopic (exact) mass is 239 g/mol. The predicted molar refractivity (Wildman–Crippen MR) is 67.4 cm³/mol. The third-order valence-corrected chi connectivity index (χ3v) is 4.40. The number of nitrogens with two attached hydrogens (primary N) is 1. The SMILES string of the molecule is CCC1CCCC(OC(=O)[C@@H]2CC[C@H](N)C2)C1. The quantitative estimate of drug-likeness (QED) is 0.770. The van der Waals surface area contributed by atoms with Gasteiger partial charge in [-0.25, -0.2) is 0 Å². The Morgan fingerprint density at radius 1 is 1.24 bits per heavy atom. The lowest BCUT2D eigenvalue weighted by Gasteiger charge is -2.29. The van der Waals surface area contributed by atoms with Crippen molar-refractivity contribution in [3.05, 3.63) is 0 Å². The van der Waals surface area contributed by atoms with Crippen molar-refractivity contribution in [2.24, 2.45) is 17.6 Å². The summed E-state index contributed by atoms with van der Waals surface area (Å²) in [5.41, 5.74) is 5.83. The molecule has 0 aromatic carbocycles. The van der Waals surface area contributed by atoms with Crippen molar-refractivity contribution in [3.8, 4) is 0 Å². The van der Waals surface area contributed by atoms with E-state index in [9.17, 15) is 4.79 Å². The molecule has 2 saturated carbocycles. The van der Waals surface area contributed by atoms with Gasteiger partial charge in [0.1, 0.15) is 6.10 Å². The maximum Gasteiger partial charge on any atom is 0.309 e. The van der Waals surface area contributed by atoms with Gasteiger partial charge in [0.05, 0.1) is 5.92 Å². The van der Waals surface area contributed by atoms with Crippen LogP contribution in [0, 0.1) is 11.8 Å². The lowest BCUT2D eigenvalue weighted by molar-refractivity contribution is -0.156. The van der Waals surface area contributed by atoms with Gasteiger partial charge in [-0.2, -0.15) is 0 Å². The van der Waals surface area contributed by atoms with E-state index >= 15 is 0 Å². The molecule has 3 heteroatoms. The van der Waals surface area contributed by atoms with Gasteiger partial charge in [-0.3, -0.25) is 4.79 Å². The Balaban J connectivity index is 1.78. The Morgan fingerprint density at radius 2 is 2.06 bits per heavy atom. The average Bonchev–Trinajstić information content (AvgIpc) is 2.76. The van der Waals surface area contributed by atoms with Gasteiger partial charge >= 0.3 is 5.97 Å². The van der Waals surface area contributed by atoms with E-state index in [0.717, 1.165) is 38.0 Å². The number of ether oxygens (including phenoxy) is 1. The molecule has 0 radical (unpaired) electrons. The molecule has 2 rings (SSSR count). The fraction of sp³-hybridized carbons (Fsp3) is 0.929. The fourth-order valence-electron chi connectivity index (χ4n) is 3.21. The van der Waals surface area contributed by atoms with Crippen LogP contribution in [-0.4, -0.2) is 18.1 Å². The molecule has 0 amide bonds. The summed E-state index contributed by atoms with van der Waals surface area (Å²) in [7, 11) is 0. The summed E-state index contributed by atoms with van der Waals surface area (Å²) >= 11 is 0. The molecule has 0 heterocycles. The first kappa shape index (κ1) is 12.9. The molecule has 2 fully saturated rings. The Hall–Kier alpha value is -0.570. The Kier molecular flexibility index (Phi) is 4.43. The van der Waals surface area contributed by atoms with Crippen molar-refractivity contribution >= 4 is 5.97 Å². The molecule has 2 unspecified atom stereocenters. The van der Waals surface area contributed by atoms with Crippen LogP contribution < -0.4 is 5.73 Å². The van der Waals surface area contributed by atoms with Crippen LogP contribution in [0.1, 0.15) is 58.3 Å². The lowest BCUT2D eigenvalue weighted by Crippen LogP contribution is -2.28. The second kappa shape index (κ2) is 5.85. The Labute approximate surface area is 104 Å². The van der Waals surface area contributed by atoms with Gasteiger partial charge in [-0.1, -0.05) is 19.8 Å². The Morgan fingerprint density at radius 3 is 2.71 bits per heavy atom. The molecule has 3 nitrogen and oxygen atoms in total. The molecule has 0 spiro atoms. The fourth-order valence-corrected chi connectivity index (χ4v) is 3.21. The summed E-state index contributed by atoms with van der Waals surface area (Å²) in [4.78, 5) is 12.0. The topological polar surface area (TPSA) is 52.3 Å². The van der Waals surface area contributed by atoms with Gasteiger partial charge in [0.15, 0.2) is 0 Å². The van der Waals surface area contributed by atoms with Gasteiger partial charge in [-0.05, 0) is 44.4 Å². The molecule has 0 aromatic heterocycles. The van der Waals surface area contributed by atoms with Crippen molar-refractivity contribution in [2.75, 3.05) is 0 Å². The predicted octanol–water partition coefficient (Wildman–Crippen LogP) is 2.63. The number of carbonyl (C=O) groups is 1. The van der Waals surface area contributed by atoms with E-state index in [1.54, 1.807) is 0 Å². The summed E-state index contributed by atoms with van der Waals surface area (Å²) in [6, 6.07) is 0.210. The van der Waals surface area contributed by atoms with Crippen molar-refractivity contribution in [1.29, 1.82) is 0 Å². The van der Waals surface area contributed by atoms with Crippen LogP contribution in [-0.2, 0) is 9.53 Å². The van der Waals surface area contributed by atoms with E-state index in [0.29, 0.717) is 0 Å². The van der Waals surface area contributed by atoms with Gasteiger partial charge in [0, 0.05) is 6.04 Å². The van der Waals surface area contributed by atoms with E-state index in [4.69, 9.17) is 10.5 Å². The summed E-state index contributed by atoms with van der Waals surface area (Å²) in [6.07, 6.45) is 8.75. The summed E-state index contributed by atoms with van der Waals surface area (Å²) in [5.74, 6) is 0.846. The second-order valence-corrected chi connectivity index (χ2v) is 5.77. The lowest BCUT2D eigenvalue weighted by atomic mass is 9.85. The highest BCUT2D eigenvalue weighted by Crippen LogP contribution is 2.31. The summed E-state index contributed by atoms with van der Waals surface area (Å²) < 4.78 is 5.66. The minimum Gasteiger partial charge on any atom is -0.462 e. The first-order valence-electron chi connectivity index (χ1n) is 7.15. The second-order valence-electron chi connectivity index (χ2n) is 5.77. The maximum atomic E-state index is 12.0. The molecule has 17 heavy (non-hydrogen) atoms. The van der Waals surface area contributed by atoms with Crippen LogP contribution in [0.25, 0.3) is 0 Å². The van der Waals surface area contributed by atoms with Crippen molar-refractivity contribution in [1.82, 2.24) is 0 Å². The molecule has 2 aliphatic carbocycles. The normalized spacial score (nSPS) is 38.0. The van der Waals surface area contributed by atoms with Gasteiger partial charge in [0.2, 0.25) is 0 Å². The average molecular weight is 239 g/mol.